The molecule has 0 spiro atoms. The van der Waals surface area contributed by atoms with Gasteiger partial charge >= 0.3 is 0 Å². The van der Waals surface area contributed by atoms with E-state index in [1.165, 1.54) is 24.8 Å². The van der Waals surface area contributed by atoms with E-state index in [1.807, 2.05) is 0 Å². The predicted octanol–water partition coefficient (Wildman–Crippen LogP) is 2.96. The molecule has 0 aliphatic heterocycles. The number of hydrogen-bond acceptors (Lipinski definition) is 0. The van der Waals surface area contributed by atoms with Gasteiger partial charge in [0, 0.05) is 17.4 Å². The lowest BCUT2D eigenvalue weighted by Gasteiger charge is -2.37. The van der Waals surface area contributed by atoms with Crippen LogP contribution in [-0.2, 0) is 6.54 Å². The molecule has 1 heteroatoms. The van der Waals surface area contributed by atoms with E-state index in [2.05, 4.69) is 56.4 Å². The number of rotatable bonds is 3. The number of fused-ring (bicyclic) bond motifs is 2. The number of nitrogens with two attached hydrogens (primary N) is 1. The molecule has 2 aliphatic rings. The third-order valence-electron chi connectivity index (χ3n) is 6.34. The van der Waals surface area contributed by atoms with Crippen LogP contribution in [0.3, 0.4) is 0 Å². The number of benzene rings is 1. The monoisotopic (exact) mass is 244 g/mol. The first-order valence-electron chi connectivity index (χ1n) is 7.41. The van der Waals surface area contributed by atoms with Gasteiger partial charge in [0.1, 0.15) is 6.54 Å². The molecule has 2 fully saturated rings. The van der Waals surface area contributed by atoms with Gasteiger partial charge in [-0.2, -0.15) is 0 Å². The van der Waals surface area contributed by atoms with Crippen LogP contribution in [0.5, 0.6) is 0 Å². The summed E-state index contributed by atoms with van der Waals surface area (Å²) < 4.78 is 0. The maximum absolute atomic E-state index is 2.61. The molecule has 2 N–H and O–H groups in total. The van der Waals surface area contributed by atoms with E-state index in [0.717, 1.165) is 18.5 Å². The lowest BCUT2D eigenvalue weighted by molar-refractivity contribution is -0.717. The molecule has 98 valence electrons. The average molecular weight is 244 g/mol. The van der Waals surface area contributed by atoms with E-state index in [-0.39, 0.29) is 0 Å². The van der Waals surface area contributed by atoms with Gasteiger partial charge in [0.2, 0.25) is 0 Å². The summed E-state index contributed by atoms with van der Waals surface area (Å²) in [6.07, 6.45) is 4.32. The highest BCUT2D eigenvalue weighted by atomic mass is 15.0. The number of hydrogen-bond donors (Lipinski definition) is 1. The van der Waals surface area contributed by atoms with E-state index in [1.54, 1.807) is 0 Å². The highest BCUT2D eigenvalue weighted by Crippen LogP contribution is 2.64. The van der Waals surface area contributed by atoms with Crippen LogP contribution < -0.4 is 5.32 Å². The highest BCUT2D eigenvalue weighted by molar-refractivity contribution is 5.14. The summed E-state index contributed by atoms with van der Waals surface area (Å²) in [5.41, 5.74) is 2.55. The largest absolute Gasteiger partial charge is 0.340 e. The fourth-order valence-electron chi connectivity index (χ4n) is 4.51. The molecule has 2 bridgehead atoms. The molecular weight excluding hydrogens is 218 g/mol. The van der Waals surface area contributed by atoms with Crippen molar-refractivity contribution in [3.05, 3.63) is 35.9 Å². The van der Waals surface area contributed by atoms with Crippen LogP contribution >= 0.6 is 0 Å². The van der Waals surface area contributed by atoms with Crippen molar-refractivity contribution in [1.82, 2.24) is 0 Å². The summed E-state index contributed by atoms with van der Waals surface area (Å²) in [6.45, 7) is 8.68. The molecule has 0 unspecified atom stereocenters. The zero-order valence-corrected chi connectivity index (χ0v) is 11.9. The summed E-state index contributed by atoms with van der Waals surface area (Å²) in [6, 6.07) is 11.7. The van der Waals surface area contributed by atoms with E-state index in [4.69, 9.17) is 0 Å². The Morgan fingerprint density at radius 1 is 1.17 bits per heavy atom. The second-order valence-electron chi connectivity index (χ2n) is 7.14. The summed E-state index contributed by atoms with van der Waals surface area (Å²) in [5.74, 6) is 0.958. The minimum Gasteiger partial charge on any atom is -0.340 e. The molecule has 2 aliphatic carbocycles. The first kappa shape index (κ1) is 12.2. The van der Waals surface area contributed by atoms with Crippen molar-refractivity contribution in [3.63, 3.8) is 0 Å². The van der Waals surface area contributed by atoms with Crippen molar-refractivity contribution < 1.29 is 5.32 Å². The van der Waals surface area contributed by atoms with Crippen molar-refractivity contribution in [2.24, 2.45) is 16.7 Å². The molecule has 3 rings (SSSR count). The molecule has 0 heterocycles. The molecule has 0 radical (unpaired) electrons. The topological polar surface area (TPSA) is 16.6 Å². The molecule has 0 aromatic heterocycles. The fraction of sp³-hybridized carbons (Fsp3) is 0.647. The highest BCUT2D eigenvalue weighted by Gasteiger charge is 2.63. The predicted molar refractivity (Wildman–Crippen MR) is 75.1 cm³/mol. The van der Waals surface area contributed by atoms with E-state index in [0.29, 0.717) is 10.8 Å². The molecule has 2 saturated carbocycles. The molecule has 18 heavy (non-hydrogen) atoms. The third-order valence-corrected chi connectivity index (χ3v) is 6.34. The first-order chi connectivity index (χ1) is 8.54. The van der Waals surface area contributed by atoms with Gasteiger partial charge in [-0.1, -0.05) is 51.1 Å². The van der Waals surface area contributed by atoms with Gasteiger partial charge in [0.15, 0.2) is 0 Å². The van der Waals surface area contributed by atoms with Crippen LogP contribution in [0.25, 0.3) is 0 Å². The molecule has 1 nitrogen and oxygen atoms in total. The maximum Gasteiger partial charge on any atom is 0.101 e. The summed E-state index contributed by atoms with van der Waals surface area (Å²) in [7, 11) is 0. The lowest BCUT2D eigenvalue weighted by Crippen LogP contribution is -2.91. The Kier molecular flexibility index (Phi) is 2.78. The van der Waals surface area contributed by atoms with Gasteiger partial charge in [-0.25, -0.2) is 0 Å². The Labute approximate surface area is 111 Å². The van der Waals surface area contributed by atoms with Crippen molar-refractivity contribution in [1.29, 1.82) is 0 Å². The van der Waals surface area contributed by atoms with Crippen LogP contribution in [0, 0.1) is 16.7 Å². The second-order valence-corrected chi connectivity index (χ2v) is 7.14. The minimum absolute atomic E-state index is 0.546. The van der Waals surface area contributed by atoms with E-state index in [9.17, 15) is 0 Å². The van der Waals surface area contributed by atoms with E-state index >= 15 is 0 Å². The van der Waals surface area contributed by atoms with Crippen LogP contribution in [-0.4, -0.2) is 6.04 Å². The van der Waals surface area contributed by atoms with Crippen LogP contribution in [0.15, 0.2) is 30.3 Å². The maximum atomic E-state index is 2.61. The standard InChI is InChI=1S/C17H25N/c1-16(2)14-9-10-17(16,3)15(11-14)18-12-13-7-5-4-6-8-13/h4-8,14-15,18H,9-12H2,1-3H3/p+1/t14-,15-,17+/m1/s1. The number of quaternary nitrogens is 1. The Morgan fingerprint density at radius 3 is 2.44 bits per heavy atom. The molecule has 0 amide bonds. The van der Waals surface area contributed by atoms with Crippen LogP contribution in [0.2, 0.25) is 0 Å². The van der Waals surface area contributed by atoms with Crippen molar-refractivity contribution in [3.8, 4) is 0 Å². The second kappa shape index (κ2) is 4.09. The van der Waals surface area contributed by atoms with Crippen molar-refractivity contribution in [2.45, 2.75) is 52.6 Å². The molecule has 1 aromatic carbocycles. The Balaban J connectivity index is 1.69. The Morgan fingerprint density at radius 2 is 1.89 bits per heavy atom. The van der Waals surface area contributed by atoms with Crippen LogP contribution in [0.1, 0.15) is 45.6 Å². The minimum atomic E-state index is 0.546. The smallest absolute Gasteiger partial charge is 0.101 e. The van der Waals surface area contributed by atoms with Gasteiger partial charge < -0.3 is 5.32 Å². The zero-order chi connectivity index (χ0) is 12.8. The molecule has 1 aromatic rings. The normalized spacial score (nSPS) is 37.1. The summed E-state index contributed by atoms with van der Waals surface area (Å²) in [4.78, 5) is 0. The van der Waals surface area contributed by atoms with E-state index < -0.39 is 0 Å². The summed E-state index contributed by atoms with van der Waals surface area (Å²) >= 11 is 0. The van der Waals surface area contributed by atoms with Gasteiger partial charge in [-0.15, -0.1) is 0 Å². The van der Waals surface area contributed by atoms with Gasteiger partial charge in [0.05, 0.1) is 6.04 Å². The molecule has 0 saturated heterocycles. The zero-order valence-electron chi connectivity index (χ0n) is 11.9. The van der Waals surface area contributed by atoms with Gasteiger partial charge in [-0.05, 0) is 24.2 Å². The van der Waals surface area contributed by atoms with Crippen molar-refractivity contribution in [2.75, 3.05) is 0 Å². The van der Waals surface area contributed by atoms with Crippen molar-refractivity contribution >= 4 is 0 Å². The molecule has 3 atom stereocenters. The van der Waals surface area contributed by atoms with Gasteiger partial charge in [-0.3, -0.25) is 0 Å². The Bertz CT molecular complexity index is 422. The first-order valence-corrected chi connectivity index (χ1v) is 7.41. The average Bonchev–Trinajstić information content (AvgIpc) is 2.70. The Hall–Kier alpha value is -0.820. The fourth-order valence-corrected chi connectivity index (χ4v) is 4.51. The SMILES string of the molecule is CC1(C)[C@@H]2CC[C@@]1(C)[C@H]([NH2+]Cc1ccccc1)C2. The summed E-state index contributed by atoms with van der Waals surface area (Å²) in [5, 5.41) is 2.61. The van der Waals surface area contributed by atoms with Gasteiger partial charge in [0.25, 0.3) is 0 Å². The third kappa shape index (κ3) is 1.64. The quantitative estimate of drug-likeness (QED) is 0.842. The molecular formula is C17H26N+. The lowest BCUT2D eigenvalue weighted by atomic mass is 9.69. The van der Waals surface area contributed by atoms with Crippen LogP contribution in [0.4, 0.5) is 0 Å².